The molecule has 0 aliphatic carbocycles. The zero-order valence-corrected chi connectivity index (χ0v) is 11.7. The average molecular weight is 368 g/mol. The summed E-state index contributed by atoms with van der Waals surface area (Å²) in [6, 6.07) is 0. The molecule has 18 nitrogen and oxygen atoms in total. The van der Waals surface area contributed by atoms with Crippen LogP contribution in [0.1, 0.15) is 32.4 Å². The van der Waals surface area contributed by atoms with Crippen LogP contribution in [-0.2, 0) is 0 Å². The van der Waals surface area contributed by atoms with Gasteiger partial charge in [0, 0.05) is 0 Å². The first-order valence-corrected chi connectivity index (χ1v) is 5.96. The van der Waals surface area contributed by atoms with E-state index in [1.54, 1.807) is 0 Å². The van der Waals surface area contributed by atoms with Gasteiger partial charge in [-0.25, -0.2) is 0 Å². The summed E-state index contributed by atoms with van der Waals surface area (Å²) in [6.45, 7) is 0. The molecule has 3 aromatic heterocycles. The first-order chi connectivity index (χ1) is 12.3. The Morgan fingerprint density at radius 2 is 1.31 bits per heavy atom. The maximum atomic E-state index is 12.3. The number of nitrogens with zero attached hydrogens (tertiary/aromatic N) is 8. The Labute approximate surface area is 136 Å². The molecule has 0 aliphatic heterocycles. The number of carbonyl (C=O) groups excluding carboxylic acids is 2. The summed E-state index contributed by atoms with van der Waals surface area (Å²) in [5, 5.41) is 47.8. The summed E-state index contributed by atoms with van der Waals surface area (Å²) in [7, 11) is 0. The fourth-order valence-corrected chi connectivity index (χ4v) is 1.71. The average Bonchev–Trinajstić information content (AvgIpc) is 3.32. The number of hydrogen-bond donors (Lipinski definition) is 0. The van der Waals surface area contributed by atoms with Gasteiger partial charge < -0.3 is 25.4 Å². The van der Waals surface area contributed by atoms with Gasteiger partial charge in [0.2, 0.25) is 0 Å². The van der Waals surface area contributed by atoms with E-state index in [9.17, 15) is 35.0 Å². The molecule has 3 rings (SSSR count). The lowest BCUT2D eigenvalue weighted by molar-refractivity contribution is -0.803. The van der Waals surface area contributed by atoms with Gasteiger partial charge in [0.15, 0.2) is 10.3 Å². The van der Waals surface area contributed by atoms with Crippen molar-refractivity contribution in [3.8, 4) is 0 Å². The van der Waals surface area contributed by atoms with Crippen molar-refractivity contribution in [1.29, 1.82) is 0 Å². The summed E-state index contributed by atoms with van der Waals surface area (Å²) in [6.07, 6.45) is 0. The van der Waals surface area contributed by atoms with Crippen molar-refractivity contribution < 1.29 is 38.2 Å². The number of hydrogen-bond acceptors (Lipinski definition) is 15. The molecule has 0 saturated carbocycles. The number of carbonyl (C=O) groups is 2. The number of ketones is 2. The first-order valence-electron chi connectivity index (χ1n) is 5.96. The number of nitro groups is 2. The SMILES string of the molecule is O=C(c1nonc1[N+](=O)[O-])c1no[n+]([O-])c1C(=O)c1nonc1[N+](=O)[O-]. The monoisotopic (exact) mass is 368 g/mol. The second-order valence-corrected chi connectivity index (χ2v) is 4.17. The zero-order valence-electron chi connectivity index (χ0n) is 11.7. The Balaban J connectivity index is 2.10. The van der Waals surface area contributed by atoms with Crippen LogP contribution in [0, 0.1) is 25.4 Å². The fourth-order valence-electron chi connectivity index (χ4n) is 1.71. The van der Waals surface area contributed by atoms with Gasteiger partial charge in [0.25, 0.3) is 28.6 Å². The van der Waals surface area contributed by atoms with Crippen molar-refractivity contribution >= 4 is 23.2 Å². The van der Waals surface area contributed by atoms with Gasteiger partial charge in [0.05, 0.1) is 5.16 Å². The molecule has 0 aromatic carbocycles. The van der Waals surface area contributed by atoms with Crippen LogP contribution in [0.3, 0.4) is 0 Å². The number of rotatable bonds is 6. The molecular weight excluding hydrogens is 368 g/mol. The van der Waals surface area contributed by atoms with Crippen molar-refractivity contribution in [2.75, 3.05) is 0 Å². The molecule has 0 N–H and O–H groups in total. The number of aromatic nitrogens is 6. The highest BCUT2D eigenvalue weighted by atomic mass is 16.8. The van der Waals surface area contributed by atoms with E-state index in [0.717, 1.165) is 0 Å². The van der Waals surface area contributed by atoms with Crippen molar-refractivity contribution in [3.63, 3.8) is 0 Å². The van der Waals surface area contributed by atoms with E-state index < -0.39 is 60.7 Å². The van der Waals surface area contributed by atoms with Crippen LogP contribution in [0.25, 0.3) is 0 Å². The second kappa shape index (κ2) is 5.77. The molecule has 0 radical (unpaired) electrons. The van der Waals surface area contributed by atoms with Crippen LogP contribution in [0.2, 0.25) is 0 Å². The van der Waals surface area contributed by atoms with E-state index in [0.29, 0.717) is 0 Å². The minimum absolute atomic E-state index is 0.562. The third kappa shape index (κ3) is 2.38. The smallest absolute Gasteiger partial charge is 0.359 e. The van der Waals surface area contributed by atoms with E-state index >= 15 is 0 Å². The fraction of sp³-hybridized carbons (Fsp3) is 0. The third-order valence-electron chi connectivity index (χ3n) is 2.76. The lowest BCUT2D eigenvalue weighted by Crippen LogP contribution is -2.33. The third-order valence-corrected chi connectivity index (χ3v) is 2.76. The van der Waals surface area contributed by atoms with E-state index in [2.05, 4.69) is 39.7 Å². The molecule has 3 aromatic rings. The topological polar surface area (TPSA) is 251 Å². The predicted molar refractivity (Wildman–Crippen MR) is 64.2 cm³/mol. The molecular formula is C8N8O10. The quantitative estimate of drug-likeness (QED) is 0.204. The molecule has 0 bridgehead atoms. The normalized spacial score (nSPS) is 10.6. The maximum absolute atomic E-state index is 12.3. The highest BCUT2D eigenvalue weighted by molar-refractivity contribution is 6.17. The van der Waals surface area contributed by atoms with Crippen molar-refractivity contribution in [3.05, 3.63) is 48.2 Å². The summed E-state index contributed by atoms with van der Waals surface area (Å²) >= 11 is 0. The van der Waals surface area contributed by atoms with E-state index in [4.69, 9.17) is 0 Å². The maximum Gasteiger partial charge on any atom is 0.446 e. The van der Waals surface area contributed by atoms with Gasteiger partial charge in [0.1, 0.15) is 0 Å². The van der Waals surface area contributed by atoms with Crippen LogP contribution < -0.4 is 4.90 Å². The van der Waals surface area contributed by atoms with Gasteiger partial charge in [-0.3, -0.25) is 14.2 Å². The lowest BCUT2D eigenvalue weighted by Gasteiger charge is -1.94. The van der Waals surface area contributed by atoms with Gasteiger partial charge in [-0.2, -0.15) is 0 Å². The standard InChI is InChI=1S/C8N8O10/c17-5(2-7(14(19)20)12-24-9-2)1-4(16(23)26-11-1)6(18)3-8(15(21)22)13-25-10-3. The van der Waals surface area contributed by atoms with Crippen LogP contribution in [0.4, 0.5) is 11.6 Å². The van der Waals surface area contributed by atoms with E-state index in [-0.39, 0.29) is 0 Å². The van der Waals surface area contributed by atoms with E-state index in [1.807, 2.05) is 0 Å². The molecule has 0 unspecified atom stereocenters. The van der Waals surface area contributed by atoms with Crippen molar-refractivity contribution in [2.24, 2.45) is 0 Å². The Kier molecular flexibility index (Phi) is 3.60. The molecule has 0 amide bonds. The van der Waals surface area contributed by atoms with Crippen LogP contribution >= 0.6 is 0 Å². The molecule has 0 aliphatic rings. The van der Waals surface area contributed by atoms with Crippen molar-refractivity contribution in [2.45, 2.75) is 0 Å². The van der Waals surface area contributed by atoms with Crippen LogP contribution in [-0.4, -0.2) is 47.2 Å². The van der Waals surface area contributed by atoms with E-state index in [1.165, 1.54) is 0 Å². The van der Waals surface area contributed by atoms with Crippen LogP contribution in [0.5, 0.6) is 0 Å². The molecule has 18 heteroatoms. The largest absolute Gasteiger partial charge is 0.446 e. The van der Waals surface area contributed by atoms with Gasteiger partial charge in [-0.1, -0.05) is 0 Å². The zero-order chi connectivity index (χ0) is 19.0. The summed E-state index contributed by atoms with van der Waals surface area (Å²) in [4.78, 5) is 43.3. The minimum Gasteiger partial charge on any atom is -0.359 e. The second-order valence-electron chi connectivity index (χ2n) is 4.17. The lowest BCUT2D eigenvalue weighted by atomic mass is 10.1. The minimum atomic E-state index is -1.52. The summed E-state index contributed by atoms with van der Waals surface area (Å²) in [5.74, 6) is -5.23. The van der Waals surface area contributed by atoms with Gasteiger partial charge in [-0.15, -0.1) is 9.26 Å². The highest BCUT2D eigenvalue weighted by Gasteiger charge is 2.43. The van der Waals surface area contributed by atoms with Gasteiger partial charge in [-0.05, 0) is 25.1 Å². The molecule has 0 fully saturated rings. The van der Waals surface area contributed by atoms with Crippen molar-refractivity contribution in [1.82, 2.24) is 25.8 Å². The molecule has 3 heterocycles. The summed E-state index contributed by atoms with van der Waals surface area (Å²) in [5.41, 5.74) is -4.26. The predicted octanol–water partition coefficient (Wildman–Crippen LogP) is -1.65. The summed E-state index contributed by atoms with van der Waals surface area (Å²) < 4.78 is 12.2. The highest BCUT2D eigenvalue weighted by Crippen LogP contribution is 2.21. The van der Waals surface area contributed by atoms with Gasteiger partial charge >= 0.3 is 17.3 Å². The Bertz CT molecular complexity index is 1060. The molecule has 0 spiro atoms. The van der Waals surface area contributed by atoms with Crippen LogP contribution in [0.15, 0.2) is 13.9 Å². The first kappa shape index (κ1) is 16.2. The molecule has 0 atom stereocenters. The Hall–Kier alpha value is -4.64. The molecule has 0 saturated heterocycles. The Morgan fingerprint density at radius 1 is 0.808 bits per heavy atom. The molecule has 26 heavy (non-hydrogen) atoms. The molecule has 132 valence electrons. The Morgan fingerprint density at radius 3 is 1.81 bits per heavy atom.